The molecule has 35 heavy (non-hydrogen) atoms. The lowest BCUT2D eigenvalue weighted by Crippen LogP contribution is -2.25. The fraction of sp³-hybridized carbons (Fsp3) is 0.250. The summed E-state index contributed by atoms with van der Waals surface area (Å²) in [5.41, 5.74) is 7.93. The zero-order valence-corrected chi connectivity index (χ0v) is 20.8. The average molecular weight is 467 g/mol. The summed E-state index contributed by atoms with van der Waals surface area (Å²) in [5, 5.41) is 9.07. The SMILES string of the molecule is C1=Cc2ccccc2C1.COC(Oc1ccc2c(c1)CC=C2)C(C)C.Oc1ccc2c(c1)CC=C2. The number of hydrogen-bond acceptors (Lipinski definition) is 3. The molecule has 0 saturated heterocycles. The molecule has 3 aliphatic rings. The van der Waals surface area contributed by atoms with Gasteiger partial charge in [0.2, 0.25) is 6.29 Å². The highest BCUT2D eigenvalue weighted by Gasteiger charge is 2.15. The van der Waals surface area contributed by atoms with Gasteiger partial charge in [-0.05, 0) is 76.9 Å². The summed E-state index contributed by atoms with van der Waals surface area (Å²) in [4.78, 5) is 0. The second kappa shape index (κ2) is 11.7. The van der Waals surface area contributed by atoms with Crippen molar-refractivity contribution in [2.45, 2.75) is 39.4 Å². The molecule has 0 fully saturated rings. The fourth-order valence-corrected chi connectivity index (χ4v) is 4.34. The van der Waals surface area contributed by atoms with E-state index in [2.05, 4.69) is 86.7 Å². The van der Waals surface area contributed by atoms with E-state index in [0.29, 0.717) is 11.7 Å². The lowest BCUT2D eigenvalue weighted by molar-refractivity contribution is -0.0834. The third-order valence-corrected chi connectivity index (χ3v) is 6.23. The van der Waals surface area contributed by atoms with E-state index in [9.17, 15) is 0 Å². The van der Waals surface area contributed by atoms with Crippen molar-refractivity contribution in [1.82, 2.24) is 0 Å². The summed E-state index contributed by atoms with van der Waals surface area (Å²) >= 11 is 0. The van der Waals surface area contributed by atoms with Crippen molar-refractivity contribution >= 4 is 18.2 Å². The summed E-state index contributed by atoms with van der Waals surface area (Å²) < 4.78 is 11.1. The Morgan fingerprint density at radius 3 is 1.89 bits per heavy atom. The van der Waals surface area contributed by atoms with E-state index in [1.807, 2.05) is 18.2 Å². The fourth-order valence-electron chi connectivity index (χ4n) is 4.34. The first-order chi connectivity index (χ1) is 17.0. The Hall–Kier alpha value is -3.56. The monoisotopic (exact) mass is 466 g/mol. The van der Waals surface area contributed by atoms with Crippen LogP contribution in [0.1, 0.15) is 47.2 Å². The molecule has 0 bridgehead atoms. The number of aromatic hydroxyl groups is 1. The van der Waals surface area contributed by atoms with E-state index in [-0.39, 0.29) is 6.29 Å². The molecule has 0 heterocycles. The Labute approximate surface area is 209 Å². The van der Waals surface area contributed by atoms with Crippen molar-refractivity contribution in [3.8, 4) is 11.5 Å². The van der Waals surface area contributed by atoms with Crippen LogP contribution < -0.4 is 4.74 Å². The Morgan fingerprint density at radius 1 is 0.686 bits per heavy atom. The zero-order valence-electron chi connectivity index (χ0n) is 20.8. The van der Waals surface area contributed by atoms with Crippen molar-refractivity contribution < 1.29 is 14.6 Å². The largest absolute Gasteiger partial charge is 0.508 e. The van der Waals surface area contributed by atoms with Crippen LogP contribution in [0.25, 0.3) is 18.2 Å². The molecular weight excluding hydrogens is 432 g/mol. The predicted octanol–water partition coefficient (Wildman–Crippen LogP) is 7.48. The number of fused-ring (bicyclic) bond motifs is 3. The van der Waals surface area contributed by atoms with Crippen LogP contribution in [0.2, 0.25) is 0 Å². The van der Waals surface area contributed by atoms with Crippen LogP contribution in [-0.4, -0.2) is 18.5 Å². The van der Waals surface area contributed by atoms with Gasteiger partial charge in [0.15, 0.2) is 0 Å². The van der Waals surface area contributed by atoms with Gasteiger partial charge in [-0.15, -0.1) is 0 Å². The normalized spacial score (nSPS) is 14.4. The van der Waals surface area contributed by atoms with Gasteiger partial charge in [-0.3, -0.25) is 0 Å². The zero-order chi connectivity index (χ0) is 24.6. The van der Waals surface area contributed by atoms with Crippen LogP contribution in [0.5, 0.6) is 11.5 Å². The van der Waals surface area contributed by atoms with E-state index in [0.717, 1.165) is 25.0 Å². The number of allylic oxidation sites excluding steroid dienone is 3. The molecule has 1 atom stereocenters. The van der Waals surface area contributed by atoms with Crippen LogP contribution in [0.4, 0.5) is 0 Å². The van der Waals surface area contributed by atoms with Crippen LogP contribution in [-0.2, 0) is 24.0 Å². The van der Waals surface area contributed by atoms with Gasteiger partial charge in [0.1, 0.15) is 11.5 Å². The first-order valence-corrected chi connectivity index (χ1v) is 12.3. The Morgan fingerprint density at radius 2 is 1.26 bits per heavy atom. The van der Waals surface area contributed by atoms with Gasteiger partial charge in [-0.2, -0.15) is 0 Å². The Balaban J connectivity index is 0.000000131. The van der Waals surface area contributed by atoms with Gasteiger partial charge in [0, 0.05) is 13.0 Å². The smallest absolute Gasteiger partial charge is 0.201 e. The van der Waals surface area contributed by atoms with Gasteiger partial charge in [0.25, 0.3) is 0 Å². The number of methoxy groups -OCH3 is 1. The first-order valence-electron chi connectivity index (χ1n) is 12.3. The van der Waals surface area contributed by atoms with E-state index in [1.54, 1.807) is 13.2 Å². The van der Waals surface area contributed by atoms with Crippen molar-refractivity contribution in [1.29, 1.82) is 0 Å². The van der Waals surface area contributed by atoms with Crippen molar-refractivity contribution in [3.63, 3.8) is 0 Å². The van der Waals surface area contributed by atoms with Gasteiger partial charge in [-0.1, -0.05) is 86.7 Å². The average Bonchev–Trinajstić information content (AvgIpc) is 3.63. The number of benzene rings is 3. The summed E-state index contributed by atoms with van der Waals surface area (Å²) in [6.45, 7) is 4.17. The van der Waals surface area contributed by atoms with Crippen molar-refractivity contribution in [2.24, 2.45) is 5.92 Å². The highest BCUT2D eigenvalue weighted by atomic mass is 16.7. The Bertz CT molecular complexity index is 1230. The molecule has 1 unspecified atom stereocenters. The number of phenols is 1. The predicted molar refractivity (Wildman–Crippen MR) is 145 cm³/mol. The summed E-state index contributed by atoms with van der Waals surface area (Å²) in [6, 6.07) is 20.2. The lowest BCUT2D eigenvalue weighted by atomic mass is 10.1. The molecule has 0 amide bonds. The van der Waals surface area contributed by atoms with Crippen molar-refractivity contribution in [3.05, 3.63) is 112 Å². The number of rotatable bonds is 4. The van der Waals surface area contributed by atoms with E-state index < -0.39 is 0 Å². The minimum Gasteiger partial charge on any atom is -0.508 e. The second-order valence-corrected chi connectivity index (χ2v) is 9.23. The lowest BCUT2D eigenvalue weighted by Gasteiger charge is -2.21. The molecule has 6 rings (SSSR count). The molecule has 180 valence electrons. The molecule has 0 radical (unpaired) electrons. The third-order valence-electron chi connectivity index (χ3n) is 6.23. The highest BCUT2D eigenvalue weighted by Crippen LogP contribution is 2.26. The maximum absolute atomic E-state index is 9.07. The first kappa shape index (κ1) is 24.6. The number of hydrogen-bond donors (Lipinski definition) is 1. The topological polar surface area (TPSA) is 38.7 Å². The van der Waals surface area contributed by atoms with Crippen LogP contribution in [0, 0.1) is 5.92 Å². The van der Waals surface area contributed by atoms with Gasteiger partial charge < -0.3 is 14.6 Å². The molecule has 1 N–H and O–H groups in total. The second-order valence-electron chi connectivity index (χ2n) is 9.23. The van der Waals surface area contributed by atoms with Crippen LogP contribution in [0.15, 0.2) is 78.9 Å². The minimum atomic E-state index is -0.174. The van der Waals surface area contributed by atoms with Gasteiger partial charge in [0.05, 0.1) is 0 Å². The molecular formula is C32H34O3. The molecule has 3 aromatic rings. The molecule has 0 spiro atoms. The summed E-state index contributed by atoms with van der Waals surface area (Å²) in [6.07, 6.45) is 15.8. The quantitative estimate of drug-likeness (QED) is 0.405. The highest BCUT2D eigenvalue weighted by molar-refractivity contribution is 5.62. The third kappa shape index (κ3) is 6.52. The molecule has 3 aromatic carbocycles. The van der Waals surface area contributed by atoms with Crippen LogP contribution in [0.3, 0.4) is 0 Å². The van der Waals surface area contributed by atoms with Crippen molar-refractivity contribution in [2.75, 3.05) is 7.11 Å². The van der Waals surface area contributed by atoms with E-state index in [4.69, 9.17) is 14.6 Å². The standard InChI is InChI=1S/C14H18O2.C9H8O.C9H8/c1-10(2)14(15-3)16-13-8-7-11-5-4-6-12(11)9-13;10-9-5-4-7-2-1-3-8(7)6-9;1-2-5-9-7-3-6-8(9)4-1/h4-5,7-10,14H,6H2,1-3H3;1-2,4-6,10H,3H2;1-6H,7H2. The maximum Gasteiger partial charge on any atom is 0.201 e. The van der Waals surface area contributed by atoms with Crippen LogP contribution >= 0.6 is 0 Å². The minimum absolute atomic E-state index is 0.174. The number of ether oxygens (including phenoxy) is 2. The van der Waals surface area contributed by atoms with Gasteiger partial charge >= 0.3 is 0 Å². The van der Waals surface area contributed by atoms with Gasteiger partial charge in [-0.25, -0.2) is 0 Å². The summed E-state index contributed by atoms with van der Waals surface area (Å²) in [7, 11) is 1.68. The van der Waals surface area contributed by atoms with E-state index >= 15 is 0 Å². The summed E-state index contributed by atoms with van der Waals surface area (Å²) in [5.74, 6) is 1.60. The molecule has 0 saturated carbocycles. The molecule has 3 nitrogen and oxygen atoms in total. The molecule has 3 heteroatoms. The molecule has 0 aromatic heterocycles. The maximum atomic E-state index is 9.07. The van der Waals surface area contributed by atoms with E-state index in [1.165, 1.54) is 33.4 Å². The number of phenolic OH excluding ortho intramolecular Hbond substituents is 1. The molecule has 0 aliphatic heterocycles. The molecule has 3 aliphatic carbocycles. The Kier molecular flexibility index (Phi) is 8.23.